The molecule has 3 aliphatic heterocycles. The number of anilines is 1. The van der Waals surface area contributed by atoms with E-state index in [1.807, 2.05) is 44.2 Å². The van der Waals surface area contributed by atoms with Gasteiger partial charge in [-0.1, -0.05) is 54.6 Å². The molecule has 356 valence electrons. The summed E-state index contributed by atoms with van der Waals surface area (Å²) in [5.41, 5.74) is 3.90. The number of rotatable bonds is 6. The Bertz CT molecular complexity index is 2480. The number of allylic oxidation sites excluding steroid dienone is 1. The van der Waals surface area contributed by atoms with Gasteiger partial charge in [-0.05, 0) is 107 Å². The number of carbonyl (C=O) groups is 6. The molecule has 2 aromatic heterocycles. The lowest BCUT2D eigenvalue weighted by molar-refractivity contribution is -0.135. The molecule has 20 nitrogen and oxygen atoms in total. The highest BCUT2D eigenvalue weighted by Gasteiger charge is 2.35. The lowest BCUT2D eigenvalue weighted by atomic mass is 9.94. The summed E-state index contributed by atoms with van der Waals surface area (Å²) in [5.74, 6) is -2.77. The number of amides is 6. The Morgan fingerprint density at radius 3 is 2.10 bits per heavy atom. The van der Waals surface area contributed by atoms with Gasteiger partial charge >= 0.3 is 0 Å². The van der Waals surface area contributed by atoms with E-state index in [4.69, 9.17) is 4.74 Å². The molecule has 20 heteroatoms. The summed E-state index contributed by atoms with van der Waals surface area (Å²) < 4.78 is 9.57. The number of aryl methyl sites for hydroxylation is 2. The molecule has 5 bridgehead atoms. The van der Waals surface area contributed by atoms with Crippen molar-refractivity contribution in [2.24, 2.45) is 5.92 Å². The van der Waals surface area contributed by atoms with E-state index < -0.39 is 65.8 Å². The Labute approximate surface area is 389 Å². The number of nitrogens with one attached hydrogen (secondary N) is 7. The molecular weight excluding hydrogens is 859 g/mol. The van der Waals surface area contributed by atoms with Crippen molar-refractivity contribution >= 4 is 41.1 Å². The number of nitrogens with zero attached hydrogens (tertiary/aromatic N) is 6. The summed E-state index contributed by atoms with van der Waals surface area (Å²) in [4.78, 5) is 85.2. The van der Waals surface area contributed by atoms with Gasteiger partial charge in [0, 0.05) is 29.9 Å². The minimum atomic E-state index is -1.48. The molecule has 0 saturated carbocycles. The zero-order valence-electron chi connectivity index (χ0n) is 38.6. The third-order valence-electron chi connectivity index (χ3n) is 12.4. The zero-order valence-corrected chi connectivity index (χ0v) is 38.6. The number of hydrogen-bond acceptors (Lipinski definition) is 12. The molecule has 0 fully saturated rings. The number of hydrogen-bond donors (Lipinski definition) is 7. The highest BCUT2D eigenvalue weighted by molar-refractivity contribution is 6.00. The Hall–Kier alpha value is -6.96. The molecule has 7 N–H and O–H groups in total. The van der Waals surface area contributed by atoms with Crippen molar-refractivity contribution in [2.45, 2.75) is 128 Å². The average molecular weight is 920 g/mol. The Balaban J connectivity index is 1.33. The maximum absolute atomic E-state index is 15.0. The lowest BCUT2D eigenvalue weighted by Crippen LogP contribution is -2.57. The van der Waals surface area contributed by atoms with Crippen LogP contribution in [0.2, 0.25) is 0 Å². The first-order valence-electron chi connectivity index (χ1n) is 23.1. The first-order valence-corrected chi connectivity index (χ1v) is 23.1. The Morgan fingerprint density at radius 1 is 0.791 bits per heavy atom. The van der Waals surface area contributed by atoms with Gasteiger partial charge in [0.05, 0.1) is 36.9 Å². The molecule has 7 rings (SSSR count). The van der Waals surface area contributed by atoms with E-state index in [0.717, 1.165) is 5.56 Å². The van der Waals surface area contributed by atoms with Crippen LogP contribution in [0.3, 0.4) is 0 Å². The standard InChI is InChI=1S/C47H61N13O7/c1-27(2)22-37(48-4)46(65)54-34-18-10-12-20-59-38(25-49-57-59)31-23-30-24-32(41(31)67-5)39-26-50-58-60(39)21-13-11-19-35-44(63)52-33-16-8-6-14-29(33)15-7-9-17-36(45(64)53-35)55-47(66)40(30)56-42(61)28(3)51-43(34)62/h6-9,14,16,23-28,34-37,40,48H,10-13,15,17-22H2,1-5H3,(H,51,62)(H,52,63)(H,53,64)(H,54,65)(H,55,66)(H,56,61)/b9-7+/t28-,34+,35-,36+,37+,40+/m0/s1. The number of ether oxygens (including phenoxy) is 1. The quantitative estimate of drug-likeness (QED) is 0.138. The molecule has 2 aromatic carbocycles. The largest absolute Gasteiger partial charge is 0.495 e. The van der Waals surface area contributed by atoms with E-state index in [0.29, 0.717) is 91.1 Å². The molecule has 0 spiro atoms. The van der Waals surface area contributed by atoms with Crippen molar-refractivity contribution in [2.75, 3.05) is 19.5 Å². The number of aromatic nitrogens is 6. The van der Waals surface area contributed by atoms with Crippen LogP contribution in [0.15, 0.2) is 60.9 Å². The molecule has 3 aliphatic rings. The second kappa shape index (κ2) is 22.0. The summed E-state index contributed by atoms with van der Waals surface area (Å²) in [5, 5.41) is 37.7. The summed E-state index contributed by atoms with van der Waals surface area (Å²) >= 11 is 0. The van der Waals surface area contributed by atoms with Gasteiger partial charge in [-0.2, -0.15) is 0 Å². The Morgan fingerprint density at radius 2 is 1.45 bits per heavy atom. The summed E-state index contributed by atoms with van der Waals surface area (Å²) in [7, 11) is 3.22. The van der Waals surface area contributed by atoms with Crippen molar-refractivity contribution < 1.29 is 33.5 Å². The van der Waals surface area contributed by atoms with Gasteiger partial charge in [0.15, 0.2) is 0 Å². The van der Waals surface area contributed by atoms with Crippen molar-refractivity contribution in [3.63, 3.8) is 0 Å². The highest BCUT2D eigenvalue weighted by atomic mass is 16.5. The molecule has 0 saturated heterocycles. The average Bonchev–Trinajstić information content (AvgIpc) is 3.99. The van der Waals surface area contributed by atoms with Crippen molar-refractivity contribution in [3.8, 4) is 28.3 Å². The normalized spacial score (nSPS) is 23.1. The van der Waals surface area contributed by atoms with Crippen LogP contribution in [0.25, 0.3) is 22.5 Å². The molecule has 4 aromatic rings. The van der Waals surface area contributed by atoms with Crippen molar-refractivity contribution in [3.05, 3.63) is 72.1 Å². The molecule has 0 radical (unpaired) electrons. The molecule has 6 atom stereocenters. The monoisotopic (exact) mass is 919 g/mol. The summed E-state index contributed by atoms with van der Waals surface area (Å²) in [6.45, 7) is 6.25. The highest BCUT2D eigenvalue weighted by Crippen LogP contribution is 2.41. The minimum Gasteiger partial charge on any atom is -0.495 e. The van der Waals surface area contributed by atoms with Gasteiger partial charge in [-0.15, -0.1) is 10.2 Å². The molecule has 0 unspecified atom stereocenters. The maximum atomic E-state index is 15.0. The van der Waals surface area contributed by atoms with Gasteiger partial charge in [-0.3, -0.25) is 28.8 Å². The fraction of sp³-hybridized carbons (Fsp3) is 0.489. The van der Waals surface area contributed by atoms with Crippen LogP contribution >= 0.6 is 0 Å². The Kier molecular flexibility index (Phi) is 15.8. The first kappa shape index (κ1) is 48.0. The third-order valence-corrected chi connectivity index (χ3v) is 12.4. The fourth-order valence-corrected chi connectivity index (χ4v) is 8.73. The zero-order chi connectivity index (χ0) is 47.6. The molecule has 67 heavy (non-hydrogen) atoms. The van der Waals surface area contributed by atoms with E-state index in [9.17, 15) is 24.0 Å². The molecular formula is C47H61N13O7. The number of methoxy groups -OCH3 is 1. The smallest absolute Gasteiger partial charge is 0.247 e. The predicted octanol–water partition coefficient (Wildman–Crippen LogP) is 2.47. The van der Waals surface area contributed by atoms with Gasteiger partial charge in [0.1, 0.15) is 36.0 Å². The topological polar surface area (TPSA) is 257 Å². The second-order valence-electron chi connectivity index (χ2n) is 17.7. The van der Waals surface area contributed by atoms with Crippen LogP contribution in [0, 0.1) is 5.92 Å². The lowest BCUT2D eigenvalue weighted by Gasteiger charge is -2.28. The summed E-state index contributed by atoms with van der Waals surface area (Å²) in [6, 6.07) is 4.56. The number of benzene rings is 2. The van der Waals surface area contributed by atoms with Crippen LogP contribution < -0.4 is 42.0 Å². The van der Waals surface area contributed by atoms with Crippen molar-refractivity contribution in [1.29, 1.82) is 0 Å². The number of carbonyl (C=O) groups excluding carboxylic acids is 6. The SMILES string of the molecule is CN[C@H](CC(C)C)C(=O)N[C@@H]1CCCCn2nncc2-c2cc3cc(c2OC)-c2cnnn2CCCC[C@@H]2NC(=O)[C@@H](C/C=C/Cc4ccccc4NC2=O)NC(=O)[C@@H]3NC(=O)[C@H](C)NC1=O. The van der Waals surface area contributed by atoms with Gasteiger partial charge in [-0.25, -0.2) is 9.36 Å². The van der Waals surface area contributed by atoms with E-state index in [1.165, 1.54) is 14.0 Å². The molecule has 0 aliphatic carbocycles. The number of para-hydroxylation sites is 1. The van der Waals surface area contributed by atoms with E-state index in [-0.39, 0.29) is 31.1 Å². The van der Waals surface area contributed by atoms with Crippen LogP contribution in [-0.4, -0.2) is 110 Å². The van der Waals surface area contributed by atoms with E-state index in [1.54, 1.807) is 47.0 Å². The first-order chi connectivity index (χ1) is 32.3. The number of fused-ring (bicyclic) bond motifs is 10. The van der Waals surface area contributed by atoms with E-state index in [2.05, 4.69) is 57.8 Å². The molecule has 6 amide bonds. The number of likely N-dealkylation sites (N-methyl/N-ethyl adjacent to an activating group) is 1. The third kappa shape index (κ3) is 11.5. The fourth-order valence-electron chi connectivity index (χ4n) is 8.73. The second-order valence-corrected chi connectivity index (χ2v) is 17.7. The van der Waals surface area contributed by atoms with Crippen LogP contribution in [-0.2, 0) is 48.3 Å². The summed E-state index contributed by atoms with van der Waals surface area (Å²) in [6.07, 6.45) is 10.6. The minimum absolute atomic E-state index is 0.0642. The van der Waals surface area contributed by atoms with Gasteiger partial charge in [0.25, 0.3) is 0 Å². The predicted molar refractivity (Wildman–Crippen MR) is 248 cm³/mol. The van der Waals surface area contributed by atoms with Crippen LogP contribution in [0.4, 0.5) is 5.69 Å². The maximum Gasteiger partial charge on any atom is 0.247 e. The van der Waals surface area contributed by atoms with Crippen LogP contribution in [0.1, 0.15) is 89.3 Å². The van der Waals surface area contributed by atoms with Crippen LogP contribution in [0.5, 0.6) is 5.75 Å². The van der Waals surface area contributed by atoms with Crippen molar-refractivity contribution in [1.82, 2.24) is 61.9 Å². The van der Waals surface area contributed by atoms with Gasteiger partial charge in [0.2, 0.25) is 35.4 Å². The van der Waals surface area contributed by atoms with Gasteiger partial charge < -0.3 is 42.0 Å². The molecule has 5 heterocycles. The van der Waals surface area contributed by atoms with E-state index >= 15 is 4.79 Å².